The zero-order chi connectivity index (χ0) is 11.3. The summed E-state index contributed by atoms with van der Waals surface area (Å²) in [5, 5.41) is 13.9. The van der Waals surface area contributed by atoms with E-state index in [-0.39, 0.29) is 10.6 Å². The highest BCUT2D eigenvalue weighted by Crippen LogP contribution is 2.24. The van der Waals surface area contributed by atoms with E-state index in [1.807, 2.05) is 6.07 Å². The Morgan fingerprint density at radius 1 is 1.47 bits per heavy atom. The molecule has 0 bridgehead atoms. The second-order valence-corrected chi connectivity index (χ2v) is 3.49. The van der Waals surface area contributed by atoms with Crippen molar-refractivity contribution in [2.45, 2.75) is 26.7 Å². The van der Waals surface area contributed by atoms with Crippen LogP contribution in [0.5, 0.6) is 0 Å². The lowest BCUT2D eigenvalue weighted by molar-refractivity contribution is -0.385. The molecule has 0 atom stereocenters. The Labute approximate surface area is 89.5 Å². The summed E-state index contributed by atoms with van der Waals surface area (Å²) >= 11 is 0. The predicted molar refractivity (Wildman–Crippen MR) is 61.2 cm³/mol. The number of benzene rings is 1. The summed E-state index contributed by atoms with van der Waals surface area (Å²) in [6.45, 7) is 4.74. The first kappa shape index (κ1) is 11.5. The molecule has 0 heterocycles. The molecule has 0 unspecified atom stereocenters. The number of unbranched alkanes of at least 4 members (excludes halogenated alkanes) is 1. The molecule has 0 aromatic heterocycles. The minimum Gasteiger partial charge on any atom is -0.385 e. The van der Waals surface area contributed by atoms with Gasteiger partial charge in [0, 0.05) is 23.9 Å². The number of nitrogens with one attached hydrogen (secondary N) is 1. The molecule has 1 aromatic carbocycles. The molecule has 0 saturated carbocycles. The third-order valence-electron chi connectivity index (χ3n) is 2.35. The van der Waals surface area contributed by atoms with Crippen LogP contribution in [0.4, 0.5) is 11.4 Å². The standard InChI is InChI=1S/C11H16N2O2/c1-3-4-8-12-10-6-5-7-11(9(10)2)13(14)15/h5-7,12H,3-4,8H2,1-2H3. The van der Waals surface area contributed by atoms with Crippen molar-refractivity contribution in [1.29, 1.82) is 0 Å². The molecule has 15 heavy (non-hydrogen) atoms. The Balaban J connectivity index is 2.80. The molecule has 1 N–H and O–H groups in total. The summed E-state index contributed by atoms with van der Waals surface area (Å²) in [5.74, 6) is 0. The summed E-state index contributed by atoms with van der Waals surface area (Å²) < 4.78 is 0. The molecule has 0 saturated heterocycles. The first-order valence-corrected chi connectivity index (χ1v) is 5.14. The number of nitro benzene ring substituents is 1. The van der Waals surface area contributed by atoms with E-state index in [1.54, 1.807) is 13.0 Å². The number of hydrogen-bond donors (Lipinski definition) is 1. The van der Waals surface area contributed by atoms with E-state index in [0.29, 0.717) is 5.56 Å². The average Bonchev–Trinajstić information content (AvgIpc) is 2.20. The fourth-order valence-corrected chi connectivity index (χ4v) is 1.41. The SMILES string of the molecule is CCCCNc1cccc([N+](=O)[O-])c1C. The molecular weight excluding hydrogens is 192 g/mol. The quantitative estimate of drug-likeness (QED) is 0.459. The molecular formula is C11H16N2O2. The molecule has 1 rings (SSSR count). The Bertz CT molecular complexity index is 350. The van der Waals surface area contributed by atoms with Gasteiger partial charge in [0.25, 0.3) is 5.69 Å². The van der Waals surface area contributed by atoms with Gasteiger partial charge < -0.3 is 5.32 Å². The van der Waals surface area contributed by atoms with Gasteiger partial charge in [-0.1, -0.05) is 19.4 Å². The first-order chi connectivity index (χ1) is 7.16. The molecule has 0 spiro atoms. The van der Waals surface area contributed by atoms with E-state index < -0.39 is 0 Å². The summed E-state index contributed by atoms with van der Waals surface area (Å²) in [7, 11) is 0. The highest BCUT2D eigenvalue weighted by Gasteiger charge is 2.12. The molecule has 4 nitrogen and oxygen atoms in total. The Morgan fingerprint density at radius 2 is 2.20 bits per heavy atom. The van der Waals surface area contributed by atoms with Gasteiger partial charge in [-0.2, -0.15) is 0 Å². The topological polar surface area (TPSA) is 55.2 Å². The van der Waals surface area contributed by atoms with Crippen LogP contribution in [0.3, 0.4) is 0 Å². The van der Waals surface area contributed by atoms with E-state index in [4.69, 9.17) is 0 Å². The molecule has 1 aromatic rings. The highest BCUT2D eigenvalue weighted by molar-refractivity contribution is 5.59. The first-order valence-electron chi connectivity index (χ1n) is 5.14. The van der Waals surface area contributed by atoms with Crippen LogP contribution in [0.25, 0.3) is 0 Å². The van der Waals surface area contributed by atoms with Crippen molar-refractivity contribution in [3.05, 3.63) is 33.9 Å². The van der Waals surface area contributed by atoms with Crippen molar-refractivity contribution in [3.8, 4) is 0 Å². The largest absolute Gasteiger partial charge is 0.385 e. The zero-order valence-electron chi connectivity index (χ0n) is 9.12. The molecule has 4 heteroatoms. The van der Waals surface area contributed by atoms with Crippen LogP contribution in [-0.2, 0) is 0 Å². The number of nitrogens with zero attached hydrogens (tertiary/aromatic N) is 1. The fraction of sp³-hybridized carbons (Fsp3) is 0.455. The van der Waals surface area contributed by atoms with Gasteiger partial charge >= 0.3 is 0 Å². The van der Waals surface area contributed by atoms with E-state index in [1.165, 1.54) is 6.07 Å². The molecule has 0 fully saturated rings. The van der Waals surface area contributed by atoms with Crippen molar-refractivity contribution in [2.75, 3.05) is 11.9 Å². The maximum absolute atomic E-state index is 10.7. The number of rotatable bonds is 5. The summed E-state index contributed by atoms with van der Waals surface area (Å²) in [6, 6.07) is 5.11. The van der Waals surface area contributed by atoms with E-state index in [9.17, 15) is 10.1 Å². The highest BCUT2D eigenvalue weighted by atomic mass is 16.6. The van der Waals surface area contributed by atoms with Crippen LogP contribution in [0.1, 0.15) is 25.3 Å². The van der Waals surface area contributed by atoms with Crippen LogP contribution in [0.2, 0.25) is 0 Å². The molecule has 0 aliphatic heterocycles. The Morgan fingerprint density at radius 3 is 2.80 bits per heavy atom. The third kappa shape index (κ3) is 2.94. The van der Waals surface area contributed by atoms with Crippen molar-refractivity contribution in [2.24, 2.45) is 0 Å². The lowest BCUT2D eigenvalue weighted by Gasteiger charge is -2.08. The lowest BCUT2D eigenvalue weighted by atomic mass is 10.1. The van der Waals surface area contributed by atoms with E-state index in [2.05, 4.69) is 12.2 Å². The van der Waals surface area contributed by atoms with Crippen molar-refractivity contribution < 1.29 is 4.92 Å². The lowest BCUT2D eigenvalue weighted by Crippen LogP contribution is -2.03. The van der Waals surface area contributed by atoms with Gasteiger partial charge in [-0.3, -0.25) is 10.1 Å². The molecule has 82 valence electrons. The van der Waals surface area contributed by atoms with Gasteiger partial charge in [-0.15, -0.1) is 0 Å². The van der Waals surface area contributed by atoms with Gasteiger partial charge in [-0.25, -0.2) is 0 Å². The summed E-state index contributed by atoms with van der Waals surface area (Å²) in [4.78, 5) is 10.3. The smallest absolute Gasteiger partial charge is 0.274 e. The number of nitro groups is 1. The molecule has 0 amide bonds. The van der Waals surface area contributed by atoms with Crippen molar-refractivity contribution in [1.82, 2.24) is 0 Å². The van der Waals surface area contributed by atoms with Gasteiger partial charge in [0.2, 0.25) is 0 Å². The average molecular weight is 208 g/mol. The third-order valence-corrected chi connectivity index (χ3v) is 2.35. The van der Waals surface area contributed by atoms with Crippen LogP contribution < -0.4 is 5.32 Å². The minimum absolute atomic E-state index is 0.177. The molecule has 0 radical (unpaired) electrons. The zero-order valence-corrected chi connectivity index (χ0v) is 9.12. The van der Waals surface area contributed by atoms with Crippen LogP contribution >= 0.6 is 0 Å². The second-order valence-electron chi connectivity index (χ2n) is 3.49. The Hall–Kier alpha value is -1.58. The van der Waals surface area contributed by atoms with Crippen LogP contribution in [0, 0.1) is 17.0 Å². The Kier molecular flexibility index (Phi) is 4.09. The maximum Gasteiger partial charge on any atom is 0.274 e. The van der Waals surface area contributed by atoms with Gasteiger partial charge in [0.1, 0.15) is 0 Å². The normalized spacial score (nSPS) is 10.0. The molecule has 0 aliphatic carbocycles. The fourth-order valence-electron chi connectivity index (χ4n) is 1.41. The number of hydrogen-bond acceptors (Lipinski definition) is 3. The minimum atomic E-state index is -0.347. The van der Waals surface area contributed by atoms with Crippen molar-refractivity contribution >= 4 is 11.4 Å². The maximum atomic E-state index is 10.7. The second kappa shape index (κ2) is 5.34. The van der Waals surface area contributed by atoms with E-state index >= 15 is 0 Å². The summed E-state index contributed by atoms with van der Waals surface area (Å²) in [6.07, 6.45) is 2.18. The molecule has 0 aliphatic rings. The van der Waals surface area contributed by atoms with E-state index in [0.717, 1.165) is 25.1 Å². The van der Waals surface area contributed by atoms with Crippen LogP contribution in [0.15, 0.2) is 18.2 Å². The van der Waals surface area contributed by atoms with Crippen molar-refractivity contribution in [3.63, 3.8) is 0 Å². The monoisotopic (exact) mass is 208 g/mol. The van der Waals surface area contributed by atoms with Gasteiger partial charge in [0.15, 0.2) is 0 Å². The predicted octanol–water partition coefficient (Wildman–Crippen LogP) is 3.12. The number of anilines is 1. The van der Waals surface area contributed by atoms with Gasteiger partial charge in [0.05, 0.1) is 4.92 Å². The van der Waals surface area contributed by atoms with Gasteiger partial charge in [-0.05, 0) is 19.4 Å². The summed E-state index contributed by atoms with van der Waals surface area (Å²) in [5.41, 5.74) is 1.74. The van der Waals surface area contributed by atoms with Crippen LogP contribution in [-0.4, -0.2) is 11.5 Å².